The zero-order valence-electron chi connectivity index (χ0n) is 13.7. The van der Waals surface area contributed by atoms with Crippen LogP contribution in [0.1, 0.15) is 72.1 Å². The summed E-state index contributed by atoms with van der Waals surface area (Å²) in [5.41, 5.74) is 1.20. The van der Waals surface area contributed by atoms with Gasteiger partial charge in [0.25, 0.3) is 0 Å². The van der Waals surface area contributed by atoms with Gasteiger partial charge in [-0.1, -0.05) is 27.2 Å². The molecule has 7 atom stereocenters. The monoisotopic (exact) mass is 276 g/mol. The van der Waals surface area contributed by atoms with Crippen LogP contribution in [-0.4, -0.2) is 12.7 Å². The molecule has 4 aliphatic rings. The van der Waals surface area contributed by atoms with E-state index < -0.39 is 0 Å². The predicted molar refractivity (Wildman–Crippen MR) is 82.5 cm³/mol. The van der Waals surface area contributed by atoms with Crippen molar-refractivity contribution in [2.24, 2.45) is 34.5 Å². The highest BCUT2D eigenvalue weighted by atomic mass is 16.5. The topological polar surface area (TPSA) is 9.23 Å². The first kappa shape index (κ1) is 13.6. The van der Waals surface area contributed by atoms with Crippen LogP contribution < -0.4 is 0 Å². The number of fused-ring (bicyclic) bond motifs is 5. The molecule has 1 aliphatic heterocycles. The van der Waals surface area contributed by atoms with Crippen molar-refractivity contribution in [2.75, 3.05) is 6.61 Å². The van der Waals surface area contributed by atoms with Crippen LogP contribution in [0, 0.1) is 34.5 Å². The fourth-order valence-electron chi connectivity index (χ4n) is 7.24. The van der Waals surface area contributed by atoms with Crippen molar-refractivity contribution < 1.29 is 4.74 Å². The minimum absolute atomic E-state index is 0.522. The molecule has 0 amide bonds. The second-order valence-corrected chi connectivity index (χ2v) is 8.80. The predicted octanol–water partition coefficient (Wildman–Crippen LogP) is 5.04. The normalized spacial score (nSPS) is 58.0. The average Bonchev–Trinajstić information content (AvgIpc) is 2.97. The van der Waals surface area contributed by atoms with Gasteiger partial charge < -0.3 is 4.74 Å². The van der Waals surface area contributed by atoms with E-state index in [1.165, 1.54) is 51.4 Å². The van der Waals surface area contributed by atoms with Gasteiger partial charge in [0, 0.05) is 6.61 Å². The lowest BCUT2D eigenvalue weighted by Gasteiger charge is -2.57. The minimum Gasteiger partial charge on any atom is -0.378 e. The van der Waals surface area contributed by atoms with Crippen molar-refractivity contribution in [1.29, 1.82) is 0 Å². The average molecular weight is 276 g/mol. The van der Waals surface area contributed by atoms with Crippen LogP contribution in [0.15, 0.2) is 0 Å². The van der Waals surface area contributed by atoms with Gasteiger partial charge in [0.15, 0.2) is 0 Å². The Hall–Kier alpha value is -0.0400. The zero-order chi connectivity index (χ0) is 14.0. The molecule has 0 bridgehead atoms. The van der Waals surface area contributed by atoms with E-state index >= 15 is 0 Å². The molecule has 0 spiro atoms. The third-order valence-electron chi connectivity index (χ3n) is 8.43. The first-order chi connectivity index (χ1) is 9.59. The van der Waals surface area contributed by atoms with Gasteiger partial charge in [-0.3, -0.25) is 0 Å². The molecule has 0 N–H and O–H groups in total. The maximum Gasteiger partial charge on any atom is 0.0632 e. The summed E-state index contributed by atoms with van der Waals surface area (Å²) in [5, 5.41) is 0. The lowest BCUT2D eigenvalue weighted by atomic mass is 9.48. The van der Waals surface area contributed by atoms with Crippen molar-refractivity contribution >= 4 is 0 Å². The van der Waals surface area contributed by atoms with Gasteiger partial charge in [-0.15, -0.1) is 0 Å². The Bertz CT molecular complexity index is 391. The van der Waals surface area contributed by atoms with Crippen LogP contribution in [0.5, 0.6) is 0 Å². The van der Waals surface area contributed by atoms with Gasteiger partial charge in [0.1, 0.15) is 0 Å². The summed E-state index contributed by atoms with van der Waals surface area (Å²) < 4.78 is 6.09. The molecular formula is C19H32O. The summed E-state index contributed by atoms with van der Waals surface area (Å²) in [6, 6.07) is 0. The minimum atomic E-state index is 0.522. The highest BCUT2D eigenvalue weighted by molar-refractivity contribution is 5.09. The van der Waals surface area contributed by atoms with E-state index in [9.17, 15) is 0 Å². The number of hydrogen-bond acceptors (Lipinski definition) is 1. The van der Waals surface area contributed by atoms with Gasteiger partial charge in [-0.05, 0) is 79.4 Å². The highest BCUT2D eigenvalue weighted by Crippen LogP contribution is 2.66. The molecule has 0 radical (unpaired) electrons. The Labute approximate surface area is 124 Å². The molecule has 114 valence electrons. The van der Waals surface area contributed by atoms with Crippen LogP contribution in [0.3, 0.4) is 0 Å². The van der Waals surface area contributed by atoms with Gasteiger partial charge in [-0.25, -0.2) is 0 Å². The van der Waals surface area contributed by atoms with E-state index in [0.29, 0.717) is 16.9 Å². The van der Waals surface area contributed by atoms with Crippen molar-refractivity contribution in [3.63, 3.8) is 0 Å². The molecule has 0 aromatic carbocycles. The summed E-state index contributed by atoms with van der Waals surface area (Å²) in [6.07, 6.45) is 12.2. The molecule has 1 heterocycles. The second kappa shape index (κ2) is 4.48. The Kier molecular flexibility index (Phi) is 3.05. The molecule has 3 aliphatic carbocycles. The van der Waals surface area contributed by atoms with Crippen LogP contribution in [-0.2, 0) is 4.74 Å². The summed E-state index contributed by atoms with van der Waals surface area (Å²) in [6.45, 7) is 8.67. The SMILES string of the molecule is CC[C@H]1CCC2C3CCC4OCC[C@]4(C)C3CC[C@@]21C. The van der Waals surface area contributed by atoms with Crippen LogP contribution in [0.25, 0.3) is 0 Å². The van der Waals surface area contributed by atoms with Crippen LogP contribution >= 0.6 is 0 Å². The van der Waals surface area contributed by atoms with Gasteiger partial charge >= 0.3 is 0 Å². The molecule has 4 unspecified atom stereocenters. The van der Waals surface area contributed by atoms with Gasteiger partial charge in [0.05, 0.1) is 6.10 Å². The van der Waals surface area contributed by atoms with E-state index in [2.05, 4.69) is 20.8 Å². The maximum atomic E-state index is 6.09. The van der Waals surface area contributed by atoms with Gasteiger partial charge in [0.2, 0.25) is 0 Å². The molecule has 3 saturated carbocycles. The molecule has 4 rings (SSSR count). The zero-order valence-corrected chi connectivity index (χ0v) is 13.7. The standard InChI is InChI=1S/C19H32O/c1-4-13-5-7-15-14-6-8-17-19(3,11-12-20-17)16(14)9-10-18(13,15)2/h13-17H,4-12H2,1-3H3/t13-,14?,15?,16?,17?,18+,19+/m0/s1. The highest BCUT2D eigenvalue weighted by Gasteiger charge is 2.60. The largest absolute Gasteiger partial charge is 0.378 e. The summed E-state index contributed by atoms with van der Waals surface area (Å²) >= 11 is 0. The first-order valence-corrected chi connectivity index (χ1v) is 9.21. The van der Waals surface area contributed by atoms with E-state index in [1.54, 1.807) is 0 Å². The van der Waals surface area contributed by atoms with E-state index in [0.717, 1.165) is 30.3 Å². The molecule has 1 nitrogen and oxygen atoms in total. The number of hydrogen-bond donors (Lipinski definition) is 0. The summed E-state index contributed by atoms with van der Waals surface area (Å²) in [7, 11) is 0. The Balaban J connectivity index is 1.64. The lowest BCUT2D eigenvalue weighted by molar-refractivity contribution is -0.104. The molecule has 1 heteroatoms. The van der Waals surface area contributed by atoms with Crippen molar-refractivity contribution in [2.45, 2.75) is 78.2 Å². The van der Waals surface area contributed by atoms with E-state index in [1.807, 2.05) is 0 Å². The lowest BCUT2D eigenvalue weighted by Crippen LogP contribution is -2.52. The van der Waals surface area contributed by atoms with Gasteiger partial charge in [-0.2, -0.15) is 0 Å². The van der Waals surface area contributed by atoms with Crippen LogP contribution in [0.4, 0.5) is 0 Å². The maximum absolute atomic E-state index is 6.09. The fourth-order valence-corrected chi connectivity index (χ4v) is 7.24. The Morgan fingerprint density at radius 3 is 2.50 bits per heavy atom. The smallest absolute Gasteiger partial charge is 0.0632 e. The Morgan fingerprint density at radius 2 is 1.70 bits per heavy atom. The molecule has 20 heavy (non-hydrogen) atoms. The third-order valence-corrected chi connectivity index (χ3v) is 8.43. The Morgan fingerprint density at radius 1 is 0.900 bits per heavy atom. The molecule has 0 aromatic rings. The fraction of sp³-hybridized carbons (Fsp3) is 1.00. The molecule has 4 fully saturated rings. The third kappa shape index (κ3) is 1.59. The van der Waals surface area contributed by atoms with Crippen molar-refractivity contribution in [3.05, 3.63) is 0 Å². The molecule has 1 saturated heterocycles. The van der Waals surface area contributed by atoms with Crippen molar-refractivity contribution in [3.8, 4) is 0 Å². The van der Waals surface area contributed by atoms with Crippen molar-refractivity contribution in [1.82, 2.24) is 0 Å². The summed E-state index contributed by atoms with van der Waals surface area (Å²) in [4.78, 5) is 0. The summed E-state index contributed by atoms with van der Waals surface area (Å²) in [5.74, 6) is 4.04. The van der Waals surface area contributed by atoms with E-state index in [-0.39, 0.29) is 0 Å². The quantitative estimate of drug-likeness (QED) is 0.651. The molecule has 0 aromatic heterocycles. The van der Waals surface area contributed by atoms with E-state index in [4.69, 9.17) is 4.74 Å². The second-order valence-electron chi connectivity index (χ2n) is 8.80. The number of ether oxygens (including phenoxy) is 1. The molecular weight excluding hydrogens is 244 g/mol. The first-order valence-electron chi connectivity index (χ1n) is 9.21. The van der Waals surface area contributed by atoms with Crippen LogP contribution in [0.2, 0.25) is 0 Å². The number of rotatable bonds is 1.